The van der Waals surface area contributed by atoms with Gasteiger partial charge in [0, 0.05) is 37.9 Å². The molecule has 0 bridgehead atoms. The van der Waals surface area contributed by atoms with Crippen molar-refractivity contribution in [2.75, 3.05) is 18.4 Å². The Morgan fingerprint density at radius 2 is 2.19 bits per heavy atom. The summed E-state index contributed by atoms with van der Waals surface area (Å²) in [4.78, 5) is 23.2. The molecule has 0 fully saturated rings. The van der Waals surface area contributed by atoms with Crippen LogP contribution in [-0.2, 0) is 19.4 Å². The number of aromatic nitrogens is 2. The van der Waals surface area contributed by atoms with E-state index in [1.807, 2.05) is 18.4 Å². The minimum absolute atomic E-state index is 0.0754. The molecule has 140 valence electrons. The second-order valence-corrected chi connectivity index (χ2v) is 7.40. The molecule has 1 aromatic carbocycles. The molecule has 1 amide bonds. The van der Waals surface area contributed by atoms with E-state index in [-0.39, 0.29) is 17.6 Å². The van der Waals surface area contributed by atoms with Gasteiger partial charge < -0.3 is 4.42 Å². The molecular formula is C19H19FN4O2S. The number of fused-ring (bicyclic) bond motifs is 1. The van der Waals surface area contributed by atoms with Gasteiger partial charge in [-0.15, -0.1) is 11.3 Å². The number of carbonyl (C=O) groups is 1. The molecule has 1 aliphatic heterocycles. The third kappa shape index (κ3) is 4.23. The van der Waals surface area contributed by atoms with Crippen LogP contribution in [0.2, 0.25) is 0 Å². The third-order valence-electron chi connectivity index (χ3n) is 4.43. The fraction of sp³-hybridized carbons (Fsp3) is 0.316. The second-order valence-electron chi connectivity index (χ2n) is 6.54. The summed E-state index contributed by atoms with van der Waals surface area (Å²) >= 11 is 1.37. The quantitative estimate of drug-likeness (QED) is 0.744. The van der Waals surface area contributed by atoms with Crippen LogP contribution in [0.25, 0.3) is 0 Å². The summed E-state index contributed by atoms with van der Waals surface area (Å²) < 4.78 is 19.1. The van der Waals surface area contributed by atoms with Crippen LogP contribution in [0.5, 0.6) is 0 Å². The minimum Gasteiger partial charge on any atom is -0.437 e. The lowest BCUT2D eigenvalue weighted by atomic mass is 10.2. The van der Waals surface area contributed by atoms with E-state index in [2.05, 4.69) is 20.2 Å². The van der Waals surface area contributed by atoms with Crippen molar-refractivity contribution in [1.29, 1.82) is 0 Å². The van der Waals surface area contributed by atoms with Crippen LogP contribution < -0.4 is 5.32 Å². The monoisotopic (exact) mass is 386 g/mol. The average molecular weight is 386 g/mol. The highest BCUT2D eigenvalue weighted by molar-refractivity contribution is 7.13. The Labute approximate surface area is 160 Å². The smallest absolute Gasteiger partial charge is 0.313 e. The number of aryl methyl sites for hydroxylation is 1. The summed E-state index contributed by atoms with van der Waals surface area (Å²) in [5.74, 6) is 0.222. The van der Waals surface area contributed by atoms with Gasteiger partial charge in [0.15, 0.2) is 5.13 Å². The zero-order valence-electron chi connectivity index (χ0n) is 14.9. The molecule has 1 N–H and O–H groups in total. The molecule has 0 saturated carbocycles. The molecule has 0 spiro atoms. The lowest BCUT2D eigenvalue weighted by Gasteiger charge is -2.19. The van der Waals surface area contributed by atoms with E-state index in [0.29, 0.717) is 24.5 Å². The summed E-state index contributed by atoms with van der Waals surface area (Å²) in [5, 5.41) is 5.12. The number of carbonyl (C=O) groups excluding carboxylic acids is 1. The van der Waals surface area contributed by atoms with Gasteiger partial charge in [-0.05, 0) is 24.6 Å². The van der Waals surface area contributed by atoms with E-state index < -0.39 is 0 Å². The number of nitrogens with zero attached hydrogens (tertiary/aromatic N) is 3. The van der Waals surface area contributed by atoms with Gasteiger partial charge in [-0.25, -0.2) is 14.4 Å². The Morgan fingerprint density at radius 3 is 2.96 bits per heavy atom. The van der Waals surface area contributed by atoms with Gasteiger partial charge in [-0.2, -0.15) is 0 Å². The summed E-state index contributed by atoms with van der Waals surface area (Å²) in [6.07, 6.45) is 1.36. The van der Waals surface area contributed by atoms with Crippen molar-refractivity contribution in [3.63, 3.8) is 0 Å². The lowest BCUT2D eigenvalue weighted by molar-refractivity contribution is 0.0988. The van der Waals surface area contributed by atoms with Crippen LogP contribution in [0, 0.1) is 12.7 Å². The van der Waals surface area contributed by atoms with Crippen LogP contribution in [0.4, 0.5) is 9.52 Å². The summed E-state index contributed by atoms with van der Waals surface area (Å²) in [6.45, 7) is 4.10. The van der Waals surface area contributed by atoms with Crippen molar-refractivity contribution in [2.24, 2.45) is 0 Å². The lowest BCUT2D eigenvalue weighted by Crippen LogP contribution is -2.26. The van der Waals surface area contributed by atoms with Crippen LogP contribution in [0.1, 0.15) is 33.4 Å². The van der Waals surface area contributed by atoms with Crippen molar-refractivity contribution in [3.8, 4) is 0 Å². The molecule has 0 aliphatic carbocycles. The molecule has 4 rings (SSSR count). The van der Waals surface area contributed by atoms with E-state index in [1.165, 1.54) is 17.4 Å². The molecular weight excluding hydrogens is 367 g/mol. The summed E-state index contributed by atoms with van der Waals surface area (Å²) in [5.41, 5.74) is 2.62. The number of amides is 1. The maximum absolute atomic E-state index is 13.4. The number of rotatable bonds is 4. The number of hydrogen-bond donors (Lipinski definition) is 1. The van der Waals surface area contributed by atoms with Gasteiger partial charge in [0.2, 0.25) is 0 Å². The zero-order chi connectivity index (χ0) is 18.8. The fourth-order valence-corrected chi connectivity index (χ4v) is 3.80. The average Bonchev–Trinajstić information content (AvgIpc) is 3.19. The zero-order valence-corrected chi connectivity index (χ0v) is 15.7. The highest BCUT2D eigenvalue weighted by Gasteiger charge is 2.23. The van der Waals surface area contributed by atoms with Gasteiger partial charge in [0.1, 0.15) is 11.6 Å². The van der Waals surface area contributed by atoms with Crippen molar-refractivity contribution >= 4 is 22.4 Å². The van der Waals surface area contributed by atoms with Gasteiger partial charge in [0.25, 0.3) is 5.89 Å². The first-order chi connectivity index (χ1) is 13.1. The van der Waals surface area contributed by atoms with Crippen LogP contribution in [-0.4, -0.2) is 33.9 Å². The standard InChI is InChI=1S/C19H19FN4O2S/c1-12-11-27-19(21-12)23-17(25)18-22-15-5-7-24(8-6-16(15)26-18)10-13-3-2-4-14(20)9-13/h2-4,9,11H,5-8,10H2,1H3,(H,21,23,25). The topological polar surface area (TPSA) is 71.3 Å². The Balaban J connectivity index is 1.39. The van der Waals surface area contributed by atoms with Gasteiger partial charge in [-0.1, -0.05) is 12.1 Å². The van der Waals surface area contributed by atoms with Crippen LogP contribution in [0.15, 0.2) is 34.1 Å². The summed E-state index contributed by atoms with van der Waals surface area (Å²) in [7, 11) is 0. The van der Waals surface area contributed by atoms with Crippen molar-refractivity contribution < 1.29 is 13.6 Å². The molecule has 1 aliphatic rings. The molecule has 8 heteroatoms. The molecule has 0 atom stereocenters. The normalized spacial score (nSPS) is 14.6. The van der Waals surface area contributed by atoms with Crippen LogP contribution >= 0.6 is 11.3 Å². The van der Waals surface area contributed by atoms with Crippen LogP contribution in [0.3, 0.4) is 0 Å². The maximum atomic E-state index is 13.4. The molecule has 0 radical (unpaired) electrons. The highest BCUT2D eigenvalue weighted by Crippen LogP contribution is 2.20. The van der Waals surface area contributed by atoms with Crippen molar-refractivity contribution in [2.45, 2.75) is 26.3 Å². The number of benzene rings is 1. The Morgan fingerprint density at radius 1 is 1.33 bits per heavy atom. The largest absolute Gasteiger partial charge is 0.437 e. The molecule has 3 heterocycles. The van der Waals surface area contributed by atoms with Gasteiger partial charge >= 0.3 is 5.91 Å². The highest BCUT2D eigenvalue weighted by atomic mass is 32.1. The molecule has 0 unspecified atom stereocenters. The third-order valence-corrected chi connectivity index (χ3v) is 5.30. The van der Waals surface area contributed by atoms with E-state index in [0.717, 1.165) is 35.8 Å². The predicted octanol–water partition coefficient (Wildman–Crippen LogP) is 3.43. The number of oxazole rings is 1. The first-order valence-corrected chi connectivity index (χ1v) is 9.63. The molecule has 6 nitrogen and oxygen atoms in total. The van der Waals surface area contributed by atoms with Crippen molar-refractivity contribution in [1.82, 2.24) is 14.9 Å². The number of hydrogen-bond acceptors (Lipinski definition) is 6. The molecule has 2 aromatic heterocycles. The second kappa shape index (κ2) is 7.58. The first kappa shape index (κ1) is 17.8. The van der Waals surface area contributed by atoms with E-state index in [9.17, 15) is 9.18 Å². The number of anilines is 1. The number of halogens is 1. The molecule has 27 heavy (non-hydrogen) atoms. The van der Waals surface area contributed by atoms with Gasteiger partial charge in [-0.3, -0.25) is 15.0 Å². The molecule has 0 saturated heterocycles. The molecule has 3 aromatic rings. The minimum atomic E-state index is -0.381. The fourth-order valence-electron chi connectivity index (χ4n) is 3.12. The van der Waals surface area contributed by atoms with E-state index >= 15 is 0 Å². The Kier molecular flexibility index (Phi) is 5.00. The maximum Gasteiger partial charge on any atom is 0.313 e. The summed E-state index contributed by atoms with van der Waals surface area (Å²) in [6, 6.07) is 6.66. The number of thiazole rings is 1. The van der Waals surface area contributed by atoms with E-state index in [4.69, 9.17) is 4.42 Å². The Hall–Kier alpha value is -2.58. The predicted molar refractivity (Wildman–Crippen MR) is 100 cm³/mol. The SMILES string of the molecule is Cc1csc(NC(=O)c2nc3c(o2)CCN(Cc2cccc(F)c2)CC3)n1. The van der Waals surface area contributed by atoms with Gasteiger partial charge in [0.05, 0.1) is 11.4 Å². The van der Waals surface area contributed by atoms with E-state index in [1.54, 1.807) is 12.1 Å². The van der Waals surface area contributed by atoms with Crippen molar-refractivity contribution in [3.05, 3.63) is 64.1 Å². The Bertz CT molecular complexity index is 943. The number of nitrogens with one attached hydrogen (secondary N) is 1. The first-order valence-electron chi connectivity index (χ1n) is 8.75.